The molecule has 21 heavy (non-hydrogen) atoms. The van der Waals surface area contributed by atoms with Crippen LogP contribution < -0.4 is 10.7 Å². The van der Waals surface area contributed by atoms with Crippen LogP contribution in [-0.2, 0) is 29.1 Å². The van der Waals surface area contributed by atoms with E-state index in [9.17, 15) is 18.0 Å². The number of hydrazine groups is 1. The van der Waals surface area contributed by atoms with Crippen molar-refractivity contribution in [3.63, 3.8) is 0 Å². The van der Waals surface area contributed by atoms with Crippen LogP contribution in [0.3, 0.4) is 0 Å². The molecule has 0 saturated heterocycles. The van der Waals surface area contributed by atoms with E-state index in [0.717, 1.165) is 0 Å². The molecule has 0 aromatic heterocycles. The van der Waals surface area contributed by atoms with Gasteiger partial charge in [0.1, 0.15) is 0 Å². The van der Waals surface area contributed by atoms with E-state index in [1.807, 2.05) is 6.92 Å². The minimum atomic E-state index is -4.20. The van der Waals surface area contributed by atoms with Gasteiger partial charge >= 0.3 is 11.9 Å². The van der Waals surface area contributed by atoms with Crippen molar-refractivity contribution in [2.75, 3.05) is 0 Å². The van der Waals surface area contributed by atoms with Crippen molar-refractivity contribution >= 4 is 22.0 Å². The average molecular weight is 324 g/mol. The molecular formula is C12H24N2O6S. The van der Waals surface area contributed by atoms with Crippen LogP contribution in [0.25, 0.3) is 0 Å². The van der Waals surface area contributed by atoms with E-state index in [4.69, 9.17) is 15.3 Å². The molecule has 0 rings (SSSR count). The molecule has 0 spiro atoms. The molecule has 0 aliphatic carbocycles. The molecule has 0 bridgehead atoms. The number of esters is 2. The first-order valence-electron chi connectivity index (χ1n) is 6.79. The Morgan fingerprint density at radius 1 is 1.10 bits per heavy atom. The highest BCUT2D eigenvalue weighted by Crippen LogP contribution is 2.12. The predicted molar refractivity (Wildman–Crippen MR) is 76.3 cm³/mol. The molecule has 3 unspecified atom stereocenters. The van der Waals surface area contributed by atoms with Gasteiger partial charge in [0.15, 0.2) is 5.25 Å². The van der Waals surface area contributed by atoms with Gasteiger partial charge in [-0.15, -0.1) is 0 Å². The number of carbonyl (C=O) groups is 2. The molecule has 0 aromatic rings. The number of hydrogen-bond acceptors (Lipinski definition) is 7. The van der Waals surface area contributed by atoms with E-state index < -0.39 is 39.7 Å². The molecule has 8 nitrogen and oxygen atoms in total. The summed E-state index contributed by atoms with van der Waals surface area (Å²) in [7, 11) is -4.20. The van der Waals surface area contributed by atoms with Crippen molar-refractivity contribution in [3.05, 3.63) is 0 Å². The van der Waals surface area contributed by atoms with Crippen molar-refractivity contribution in [1.29, 1.82) is 0 Å². The number of nitrogens with one attached hydrogen (secondary N) is 1. The third-order valence-electron chi connectivity index (χ3n) is 2.95. The van der Waals surface area contributed by atoms with Gasteiger partial charge in [-0.1, -0.05) is 13.8 Å². The smallest absolute Gasteiger partial charge is 0.326 e. The monoisotopic (exact) mass is 324 g/mol. The van der Waals surface area contributed by atoms with Crippen LogP contribution in [0.1, 0.15) is 47.0 Å². The summed E-state index contributed by atoms with van der Waals surface area (Å²) in [5.41, 5.74) is 0. The molecule has 0 radical (unpaired) electrons. The lowest BCUT2D eigenvalue weighted by atomic mass is 10.2. The fourth-order valence-electron chi connectivity index (χ4n) is 1.27. The first kappa shape index (κ1) is 19.8. The Balaban J connectivity index is 5.01. The zero-order chi connectivity index (χ0) is 16.6. The summed E-state index contributed by atoms with van der Waals surface area (Å²) in [6.07, 6.45) is -0.371. The van der Waals surface area contributed by atoms with Gasteiger partial charge in [0.25, 0.3) is 0 Å². The number of nitrogens with two attached hydrogens (primary N) is 1. The minimum Gasteiger partial charge on any atom is -0.463 e. The topological polar surface area (TPSA) is 125 Å². The molecule has 0 aliphatic rings. The third-order valence-corrected chi connectivity index (χ3v) is 4.39. The summed E-state index contributed by atoms with van der Waals surface area (Å²) in [6.45, 7) is 6.87. The molecule has 0 aromatic carbocycles. The fraction of sp³-hybridized carbons (Fsp3) is 0.833. The summed E-state index contributed by atoms with van der Waals surface area (Å²) in [4.78, 5) is 25.1. The first-order chi connectivity index (χ1) is 9.67. The summed E-state index contributed by atoms with van der Waals surface area (Å²) in [6, 6.07) is 0. The van der Waals surface area contributed by atoms with Gasteiger partial charge in [0.05, 0.1) is 18.6 Å². The van der Waals surface area contributed by atoms with Crippen LogP contribution in [0.2, 0.25) is 0 Å². The quantitative estimate of drug-likeness (QED) is 0.353. The molecule has 0 aliphatic heterocycles. The molecule has 3 N–H and O–H groups in total. The lowest BCUT2D eigenvalue weighted by molar-refractivity contribution is -0.154. The van der Waals surface area contributed by atoms with E-state index in [-0.39, 0.29) is 6.10 Å². The van der Waals surface area contributed by atoms with Gasteiger partial charge in [-0.25, -0.2) is 8.42 Å². The van der Waals surface area contributed by atoms with Gasteiger partial charge in [-0.2, -0.15) is 4.83 Å². The van der Waals surface area contributed by atoms with Gasteiger partial charge in [0.2, 0.25) is 10.0 Å². The summed E-state index contributed by atoms with van der Waals surface area (Å²) >= 11 is 0. The van der Waals surface area contributed by atoms with E-state index in [1.54, 1.807) is 25.6 Å². The maximum Gasteiger partial charge on any atom is 0.326 e. The van der Waals surface area contributed by atoms with Crippen molar-refractivity contribution in [2.45, 2.75) is 64.4 Å². The van der Waals surface area contributed by atoms with Gasteiger partial charge in [-0.05, 0) is 26.7 Å². The Labute approximate surface area is 125 Å². The fourth-order valence-corrected chi connectivity index (χ4v) is 2.10. The Hall–Kier alpha value is -1.19. The molecule has 0 amide bonds. The average Bonchev–Trinajstić information content (AvgIpc) is 2.43. The van der Waals surface area contributed by atoms with Gasteiger partial charge in [-0.3, -0.25) is 15.4 Å². The maximum atomic E-state index is 11.9. The van der Waals surface area contributed by atoms with Crippen LogP contribution in [-0.4, -0.2) is 37.8 Å². The summed E-state index contributed by atoms with van der Waals surface area (Å²) in [5, 5.41) is -1.73. The molecule has 0 heterocycles. The standard InChI is InChI=1S/C12H24N2O6S/c1-5-8(3)19-11(15)7-10(21(17,18)14-13)12(16)20-9(4)6-2/h8-10,14H,5-7,13H2,1-4H3. The zero-order valence-corrected chi connectivity index (χ0v) is 13.6. The summed E-state index contributed by atoms with van der Waals surface area (Å²) < 4.78 is 33.4. The molecular weight excluding hydrogens is 300 g/mol. The lowest BCUT2D eigenvalue weighted by Gasteiger charge is -2.19. The first-order valence-corrected chi connectivity index (χ1v) is 8.33. The molecule has 3 atom stereocenters. The van der Waals surface area contributed by atoms with Crippen molar-refractivity contribution in [2.24, 2.45) is 5.84 Å². The van der Waals surface area contributed by atoms with E-state index in [1.165, 1.54) is 0 Å². The third kappa shape index (κ3) is 6.87. The van der Waals surface area contributed by atoms with Gasteiger partial charge < -0.3 is 9.47 Å². The Morgan fingerprint density at radius 3 is 2.00 bits per heavy atom. The van der Waals surface area contributed by atoms with Crippen molar-refractivity contribution < 1.29 is 27.5 Å². The Bertz CT molecular complexity index is 451. The zero-order valence-electron chi connectivity index (χ0n) is 12.8. The summed E-state index contributed by atoms with van der Waals surface area (Å²) in [5.74, 6) is 3.09. The number of hydrogen-bond donors (Lipinski definition) is 2. The normalized spacial score (nSPS) is 15.9. The van der Waals surface area contributed by atoms with Crippen molar-refractivity contribution in [1.82, 2.24) is 4.83 Å². The van der Waals surface area contributed by atoms with E-state index in [2.05, 4.69) is 0 Å². The largest absolute Gasteiger partial charge is 0.463 e. The second-order valence-corrected chi connectivity index (χ2v) is 6.61. The molecule has 0 fully saturated rings. The molecule has 124 valence electrons. The van der Waals surface area contributed by atoms with E-state index in [0.29, 0.717) is 12.8 Å². The lowest BCUT2D eigenvalue weighted by Crippen LogP contribution is -2.45. The van der Waals surface area contributed by atoms with Gasteiger partial charge in [0, 0.05) is 0 Å². The highest BCUT2D eigenvalue weighted by atomic mass is 32.2. The number of ether oxygens (including phenoxy) is 2. The molecule has 9 heteroatoms. The van der Waals surface area contributed by atoms with Crippen LogP contribution in [0, 0.1) is 0 Å². The number of rotatable bonds is 9. The highest BCUT2D eigenvalue weighted by Gasteiger charge is 2.37. The van der Waals surface area contributed by atoms with Crippen LogP contribution >= 0.6 is 0 Å². The predicted octanol–water partition coefficient (Wildman–Crippen LogP) is 0.222. The second kappa shape index (κ2) is 8.96. The minimum absolute atomic E-state index is 0.364. The highest BCUT2D eigenvalue weighted by molar-refractivity contribution is 7.90. The van der Waals surface area contributed by atoms with Crippen molar-refractivity contribution in [3.8, 4) is 0 Å². The van der Waals surface area contributed by atoms with Crippen LogP contribution in [0.15, 0.2) is 0 Å². The Morgan fingerprint density at radius 2 is 1.57 bits per heavy atom. The van der Waals surface area contributed by atoms with Crippen LogP contribution in [0.5, 0.6) is 0 Å². The second-order valence-electron chi connectivity index (χ2n) is 4.72. The number of sulfonamides is 1. The van der Waals surface area contributed by atoms with Crippen LogP contribution in [0.4, 0.5) is 0 Å². The molecule has 0 saturated carbocycles. The van der Waals surface area contributed by atoms with E-state index >= 15 is 0 Å². The number of carbonyl (C=O) groups excluding carboxylic acids is 2. The Kier molecular flexibility index (Phi) is 8.45. The SMILES string of the molecule is CCC(C)OC(=O)CC(C(=O)OC(C)CC)S(=O)(=O)NN. The maximum absolute atomic E-state index is 11.9.